The highest BCUT2D eigenvalue weighted by molar-refractivity contribution is 5.87. The molecule has 0 N–H and O–H groups in total. The molecule has 2 heterocycles. The number of para-hydroxylation sites is 1. The van der Waals surface area contributed by atoms with E-state index in [0.29, 0.717) is 12.3 Å². The topological polar surface area (TPSA) is 53.3 Å². The molecule has 0 amide bonds. The average molecular weight is 300 g/mol. The normalized spacial score (nSPS) is 19.1. The lowest BCUT2D eigenvalue weighted by Gasteiger charge is -2.38. The summed E-state index contributed by atoms with van der Waals surface area (Å²) in [7, 11) is 0. The standard InChI is InChI=1S/C17H20N2O3/c1-4-21-16(20)14-10-18-11-19(14)13-9-17(2,3)22-15-8-6-5-7-12(13)15/h5-8,10-11,13H,4,9H2,1-3H3. The van der Waals surface area contributed by atoms with Gasteiger partial charge in [0, 0.05) is 12.0 Å². The number of esters is 1. The third kappa shape index (κ3) is 2.58. The van der Waals surface area contributed by atoms with Crippen LogP contribution in [0.1, 0.15) is 49.3 Å². The Morgan fingerprint density at radius 3 is 3.00 bits per heavy atom. The van der Waals surface area contributed by atoms with Crippen molar-refractivity contribution >= 4 is 5.97 Å². The Balaban J connectivity index is 2.05. The number of carbonyl (C=O) groups is 1. The highest BCUT2D eigenvalue weighted by Crippen LogP contribution is 2.41. The zero-order chi connectivity index (χ0) is 15.7. The van der Waals surface area contributed by atoms with Crippen LogP contribution in [-0.2, 0) is 4.74 Å². The van der Waals surface area contributed by atoms with Gasteiger partial charge >= 0.3 is 5.97 Å². The summed E-state index contributed by atoms with van der Waals surface area (Å²) in [6, 6.07) is 7.93. The molecule has 0 bridgehead atoms. The lowest BCUT2D eigenvalue weighted by molar-refractivity contribution is 0.0486. The number of nitrogens with zero attached hydrogens (tertiary/aromatic N) is 2. The van der Waals surface area contributed by atoms with Gasteiger partial charge in [-0.15, -0.1) is 0 Å². The largest absolute Gasteiger partial charge is 0.487 e. The maximum absolute atomic E-state index is 12.1. The number of aromatic nitrogens is 2. The fraction of sp³-hybridized carbons (Fsp3) is 0.412. The maximum atomic E-state index is 12.1. The minimum absolute atomic E-state index is 0.00172. The Hall–Kier alpha value is -2.30. The number of benzene rings is 1. The second-order valence-corrected chi connectivity index (χ2v) is 6.03. The molecule has 1 aliphatic rings. The van der Waals surface area contributed by atoms with Gasteiger partial charge in [-0.2, -0.15) is 0 Å². The van der Waals surface area contributed by atoms with Gasteiger partial charge in [0.15, 0.2) is 0 Å². The molecule has 0 saturated heterocycles. The van der Waals surface area contributed by atoms with Crippen molar-refractivity contribution in [2.24, 2.45) is 0 Å². The van der Waals surface area contributed by atoms with Gasteiger partial charge in [0.25, 0.3) is 0 Å². The van der Waals surface area contributed by atoms with Crippen LogP contribution in [0.4, 0.5) is 0 Å². The average Bonchev–Trinajstić information content (AvgIpc) is 2.95. The third-order valence-corrected chi connectivity index (χ3v) is 3.84. The number of rotatable bonds is 3. The Labute approximate surface area is 129 Å². The quantitative estimate of drug-likeness (QED) is 0.817. The lowest BCUT2D eigenvalue weighted by atomic mass is 9.89. The molecule has 1 aliphatic heterocycles. The number of hydrogen-bond donors (Lipinski definition) is 0. The first kappa shape index (κ1) is 14.6. The summed E-state index contributed by atoms with van der Waals surface area (Å²) < 4.78 is 13.1. The molecular weight excluding hydrogens is 280 g/mol. The molecule has 0 fully saturated rings. The Bertz CT molecular complexity index is 691. The molecule has 0 radical (unpaired) electrons. The van der Waals surface area contributed by atoms with Crippen molar-refractivity contribution in [1.29, 1.82) is 0 Å². The van der Waals surface area contributed by atoms with E-state index in [0.717, 1.165) is 17.7 Å². The van der Waals surface area contributed by atoms with Crippen LogP contribution in [0.2, 0.25) is 0 Å². The fourth-order valence-corrected chi connectivity index (χ4v) is 2.93. The van der Waals surface area contributed by atoms with Crippen molar-refractivity contribution in [3.05, 3.63) is 48.0 Å². The predicted molar refractivity (Wildman–Crippen MR) is 82.1 cm³/mol. The summed E-state index contributed by atoms with van der Waals surface area (Å²) in [5.41, 5.74) is 1.22. The van der Waals surface area contributed by atoms with Gasteiger partial charge in [0.05, 0.1) is 25.2 Å². The summed E-state index contributed by atoms with van der Waals surface area (Å²) in [5.74, 6) is 0.508. The van der Waals surface area contributed by atoms with Crippen LogP contribution in [0.5, 0.6) is 5.75 Å². The summed E-state index contributed by atoms with van der Waals surface area (Å²) >= 11 is 0. The molecule has 5 heteroatoms. The Kier molecular flexibility index (Phi) is 3.64. The van der Waals surface area contributed by atoms with Crippen LogP contribution in [-0.4, -0.2) is 27.7 Å². The number of ether oxygens (including phenoxy) is 2. The van der Waals surface area contributed by atoms with Crippen LogP contribution in [0, 0.1) is 0 Å². The van der Waals surface area contributed by atoms with Crippen molar-refractivity contribution in [2.45, 2.75) is 38.8 Å². The van der Waals surface area contributed by atoms with Crippen LogP contribution < -0.4 is 4.74 Å². The van der Waals surface area contributed by atoms with Gasteiger partial charge in [0.2, 0.25) is 0 Å². The Morgan fingerprint density at radius 2 is 2.23 bits per heavy atom. The molecule has 1 aromatic heterocycles. The van der Waals surface area contributed by atoms with E-state index < -0.39 is 0 Å². The maximum Gasteiger partial charge on any atom is 0.356 e. The Morgan fingerprint density at radius 1 is 1.45 bits per heavy atom. The van der Waals surface area contributed by atoms with E-state index in [4.69, 9.17) is 9.47 Å². The third-order valence-electron chi connectivity index (χ3n) is 3.84. The molecule has 0 spiro atoms. The van der Waals surface area contributed by atoms with Crippen LogP contribution in [0.3, 0.4) is 0 Å². The smallest absolute Gasteiger partial charge is 0.356 e. The lowest BCUT2D eigenvalue weighted by Crippen LogP contribution is -2.37. The van der Waals surface area contributed by atoms with Gasteiger partial charge in [-0.05, 0) is 26.8 Å². The van der Waals surface area contributed by atoms with Gasteiger partial charge in [-0.1, -0.05) is 18.2 Å². The van der Waals surface area contributed by atoms with E-state index in [-0.39, 0.29) is 17.6 Å². The zero-order valence-electron chi connectivity index (χ0n) is 13.1. The molecule has 5 nitrogen and oxygen atoms in total. The minimum atomic E-state index is -0.346. The molecule has 1 atom stereocenters. The monoisotopic (exact) mass is 300 g/mol. The molecule has 116 valence electrons. The van der Waals surface area contributed by atoms with Crippen molar-refractivity contribution in [3.8, 4) is 5.75 Å². The van der Waals surface area contributed by atoms with Crippen molar-refractivity contribution < 1.29 is 14.3 Å². The molecule has 0 saturated carbocycles. The second-order valence-electron chi connectivity index (χ2n) is 6.03. The van der Waals surface area contributed by atoms with Gasteiger partial charge in [0.1, 0.15) is 17.0 Å². The first-order valence-electron chi connectivity index (χ1n) is 7.49. The molecular formula is C17H20N2O3. The van der Waals surface area contributed by atoms with Crippen LogP contribution in [0.15, 0.2) is 36.8 Å². The van der Waals surface area contributed by atoms with Crippen molar-refractivity contribution in [2.75, 3.05) is 6.61 Å². The summed E-state index contributed by atoms with van der Waals surface area (Å²) in [5, 5.41) is 0. The molecule has 2 aromatic rings. The highest BCUT2D eigenvalue weighted by atomic mass is 16.5. The SMILES string of the molecule is CCOC(=O)c1cncn1C1CC(C)(C)Oc2ccccc21. The van der Waals surface area contributed by atoms with E-state index >= 15 is 0 Å². The summed E-state index contributed by atoms with van der Waals surface area (Å²) in [6.07, 6.45) is 4.00. The van der Waals surface area contributed by atoms with E-state index in [2.05, 4.69) is 18.8 Å². The first-order chi connectivity index (χ1) is 10.5. The highest BCUT2D eigenvalue weighted by Gasteiger charge is 2.35. The minimum Gasteiger partial charge on any atom is -0.487 e. The van der Waals surface area contributed by atoms with Crippen molar-refractivity contribution in [1.82, 2.24) is 9.55 Å². The van der Waals surface area contributed by atoms with Gasteiger partial charge in [-0.3, -0.25) is 0 Å². The predicted octanol–water partition coefficient (Wildman–Crippen LogP) is 3.21. The molecule has 3 rings (SSSR count). The second kappa shape index (κ2) is 5.48. The van der Waals surface area contributed by atoms with E-state index in [1.165, 1.54) is 0 Å². The fourth-order valence-electron chi connectivity index (χ4n) is 2.93. The molecule has 22 heavy (non-hydrogen) atoms. The van der Waals surface area contributed by atoms with Gasteiger partial charge < -0.3 is 14.0 Å². The van der Waals surface area contributed by atoms with Crippen molar-refractivity contribution in [3.63, 3.8) is 0 Å². The number of hydrogen-bond acceptors (Lipinski definition) is 4. The zero-order valence-corrected chi connectivity index (χ0v) is 13.1. The van der Waals surface area contributed by atoms with Crippen LogP contribution >= 0.6 is 0 Å². The number of imidazole rings is 1. The van der Waals surface area contributed by atoms with E-state index in [9.17, 15) is 4.79 Å². The molecule has 1 aromatic carbocycles. The van der Waals surface area contributed by atoms with Gasteiger partial charge in [-0.25, -0.2) is 9.78 Å². The van der Waals surface area contributed by atoms with E-state index in [1.807, 2.05) is 28.8 Å². The summed E-state index contributed by atoms with van der Waals surface area (Å²) in [6.45, 7) is 6.25. The van der Waals surface area contributed by atoms with Crippen LogP contribution in [0.25, 0.3) is 0 Å². The van der Waals surface area contributed by atoms with E-state index in [1.54, 1.807) is 19.4 Å². The summed E-state index contributed by atoms with van der Waals surface area (Å²) in [4.78, 5) is 16.3. The molecule has 1 unspecified atom stereocenters. The number of fused-ring (bicyclic) bond motifs is 1. The first-order valence-corrected chi connectivity index (χ1v) is 7.49. The number of carbonyl (C=O) groups excluding carboxylic acids is 1. The molecule has 0 aliphatic carbocycles.